The molecule has 1 amide bonds. The molecule has 2 atom stereocenters. The predicted molar refractivity (Wildman–Crippen MR) is 123 cm³/mol. The fraction of sp³-hybridized carbons (Fsp3) is 0.458. The van der Waals surface area contributed by atoms with E-state index >= 15 is 0 Å². The third kappa shape index (κ3) is 5.31. The molecule has 2 aliphatic heterocycles. The number of fused-ring (bicyclic) bond motifs is 1. The molecule has 1 saturated heterocycles. The van der Waals surface area contributed by atoms with Crippen molar-refractivity contribution in [1.29, 1.82) is 0 Å². The Kier molecular flexibility index (Phi) is 7.21. The van der Waals surface area contributed by atoms with Gasteiger partial charge in [0.05, 0.1) is 30.8 Å². The van der Waals surface area contributed by atoms with Gasteiger partial charge in [-0.15, -0.1) is 0 Å². The van der Waals surface area contributed by atoms with Crippen molar-refractivity contribution in [3.05, 3.63) is 53.6 Å². The third-order valence-electron chi connectivity index (χ3n) is 5.85. The molecule has 0 aliphatic carbocycles. The first-order valence-corrected chi connectivity index (χ1v) is 12.7. The van der Waals surface area contributed by atoms with E-state index in [4.69, 9.17) is 14.2 Å². The molecule has 0 aromatic heterocycles. The van der Waals surface area contributed by atoms with Crippen LogP contribution < -0.4 is 14.2 Å². The first-order chi connectivity index (χ1) is 15.9. The van der Waals surface area contributed by atoms with Crippen LogP contribution in [0.4, 0.5) is 0 Å². The van der Waals surface area contributed by atoms with Crippen molar-refractivity contribution in [2.45, 2.75) is 43.2 Å². The highest BCUT2D eigenvalue weighted by atomic mass is 32.2. The molecular weight excluding hydrogens is 444 g/mol. The number of nitrogens with one attached hydrogen (secondary N) is 1. The summed E-state index contributed by atoms with van der Waals surface area (Å²) < 4.78 is 44.2. The molecule has 2 aromatic rings. The number of methoxy groups -OCH3 is 1. The van der Waals surface area contributed by atoms with Crippen LogP contribution in [0.5, 0.6) is 11.5 Å². The summed E-state index contributed by atoms with van der Waals surface area (Å²) in [5.74, 6) is 1.33. The molecular formula is C24H30N2O6S. The van der Waals surface area contributed by atoms with Gasteiger partial charge >= 0.3 is 0 Å². The molecule has 33 heavy (non-hydrogen) atoms. The fourth-order valence-electron chi connectivity index (χ4n) is 4.30. The maximum atomic E-state index is 13.3. The van der Waals surface area contributed by atoms with Gasteiger partial charge in [-0.2, -0.15) is 0 Å². The molecule has 178 valence electrons. The molecule has 2 aliphatic rings. The van der Waals surface area contributed by atoms with E-state index in [1.165, 1.54) is 19.2 Å². The maximum Gasteiger partial charge on any atom is 0.254 e. The van der Waals surface area contributed by atoms with Crippen molar-refractivity contribution in [2.75, 3.05) is 33.5 Å². The molecule has 8 nitrogen and oxygen atoms in total. The van der Waals surface area contributed by atoms with Crippen LogP contribution in [0.3, 0.4) is 0 Å². The van der Waals surface area contributed by atoms with E-state index in [1.54, 1.807) is 19.1 Å². The van der Waals surface area contributed by atoms with Gasteiger partial charge in [0.15, 0.2) is 11.5 Å². The normalized spacial score (nSPS) is 19.2. The number of ether oxygens (including phenoxy) is 3. The highest BCUT2D eigenvalue weighted by Crippen LogP contribution is 2.38. The Morgan fingerprint density at radius 2 is 1.85 bits per heavy atom. The zero-order valence-electron chi connectivity index (χ0n) is 19.0. The van der Waals surface area contributed by atoms with E-state index in [0.717, 1.165) is 30.6 Å². The van der Waals surface area contributed by atoms with Gasteiger partial charge in [0.2, 0.25) is 10.0 Å². The summed E-state index contributed by atoms with van der Waals surface area (Å²) in [6.07, 6.45) is 2.60. The Bertz CT molecular complexity index is 1090. The van der Waals surface area contributed by atoms with Gasteiger partial charge in [0.25, 0.3) is 5.91 Å². The first-order valence-electron chi connectivity index (χ1n) is 11.2. The quantitative estimate of drug-likeness (QED) is 0.663. The van der Waals surface area contributed by atoms with Crippen LogP contribution in [0, 0.1) is 0 Å². The summed E-state index contributed by atoms with van der Waals surface area (Å²) in [4.78, 5) is 15.2. The van der Waals surface area contributed by atoms with Crippen LogP contribution in [0.25, 0.3) is 0 Å². The van der Waals surface area contributed by atoms with Gasteiger partial charge < -0.3 is 19.1 Å². The Labute approximate surface area is 194 Å². The summed E-state index contributed by atoms with van der Waals surface area (Å²) >= 11 is 0. The van der Waals surface area contributed by atoms with E-state index in [-0.39, 0.29) is 29.5 Å². The molecule has 0 radical (unpaired) electrons. The summed E-state index contributed by atoms with van der Waals surface area (Å²) in [6, 6.07) is 11.5. The first kappa shape index (κ1) is 23.5. The Morgan fingerprint density at radius 1 is 1.12 bits per heavy atom. The number of hydrogen-bond acceptors (Lipinski definition) is 6. The maximum absolute atomic E-state index is 13.3. The minimum atomic E-state index is -3.69. The second-order valence-electron chi connectivity index (χ2n) is 8.42. The van der Waals surface area contributed by atoms with E-state index in [1.807, 2.05) is 23.1 Å². The smallest absolute Gasteiger partial charge is 0.254 e. The van der Waals surface area contributed by atoms with Crippen molar-refractivity contribution >= 4 is 15.9 Å². The van der Waals surface area contributed by atoms with Gasteiger partial charge in [0, 0.05) is 31.7 Å². The number of sulfonamides is 1. The molecule has 0 spiro atoms. The van der Waals surface area contributed by atoms with Gasteiger partial charge in [-0.25, -0.2) is 13.1 Å². The number of rotatable bonds is 7. The number of amides is 1. The second-order valence-corrected chi connectivity index (χ2v) is 10.1. The second kappa shape index (κ2) is 10.1. The summed E-state index contributed by atoms with van der Waals surface area (Å²) in [5, 5.41) is 0. The summed E-state index contributed by atoms with van der Waals surface area (Å²) in [5.41, 5.74) is 1.47. The number of carbonyl (C=O) groups excluding carboxylic acids is 1. The van der Waals surface area contributed by atoms with Gasteiger partial charge in [-0.3, -0.25) is 4.79 Å². The van der Waals surface area contributed by atoms with Crippen LogP contribution in [0.15, 0.2) is 47.4 Å². The Morgan fingerprint density at radius 3 is 2.58 bits per heavy atom. The standard InChI is InChI=1S/C24H30N2O6S/c1-17(16-30-2)25-33(28,29)20-9-6-18(7-10-20)24(27)26-12-3-5-21(26)19-8-11-22-23(15-19)32-14-4-13-31-22/h6-11,15,17,21,25H,3-5,12-14,16H2,1-2H3. The molecule has 2 aromatic carbocycles. The average Bonchev–Trinajstić information content (AvgIpc) is 3.17. The van der Waals surface area contributed by atoms with E-state index in [2.05, 4.69) is 4.72 Å². The largest absolute Gasteiger partial charge is 0.490 e. The zero-order valence-corrected chi connectivity index (χ0v) is 19.8. The van der Waals surface area contributed by atoms with E-state index in [0.29, 0.717) is 31.1 Å². The number of benzene rings is 2. The Balaban J connectivity index is 1.50. The Hall–Kier alpha value is -2.62. The highest BCUT2D eigenvalue weighted by Gasteiger charge is 2.31. The number of carbonyl (C=O) groups is 1. The van der Waals surface area contributed by atoms with Crippen LogP contribution in [0.2, 0.25) is 0 Å². The molecule has 1 N–H and O–H groups in total. The SMILES string of the molecule is COCC(C)NS(=O)(=O)c1ccc(C(=O)N2CCCC2c2ccc3c(c2)OCCCO3)cc1. The number of nitrogens with zero attached hydrogens (tertiary/aromatic N) is 1. The molecule has 0 saturated carbocycles. The molecule has 4 rings (SSSR count). The lowest BCUT2D eigenvalue weighted by Gasteiger charge is -2.26. The van der Waals surface area contributed by atoms with Crippen molar-refractivity contribution in [3.8, 4) is 11.5 Å². The lowest BCUT2D eigenvalue weighted by Crippen LogP contribution is -2.35. The highest BCUT2D eigenvalue weighted by molar-refractivity contribution is 7.89. The lowest BCUT2D eigenvalue weighted by molar-refractivity contribution is 0.0735. The topological polar surface area (TPSA) is 94.2 Å². The third-order valence-corrected chi connectivity index (χ3v) is 7.46. The monoisotopic (exact) mass is 474 g/mol. The fourth-order valence-corrected chi connectivity index (χ4v) is 5.53. The van der Waals surface area contributed by atoms with E-state index in [9.17, 15) is 13.2 Å². The average molecular weight is 475 g/mol. The van der Waals surface area contributed by atoms with Crippen molar-refractivity contribution < 1.29 is 27.4 Å². The van der Waals surface area contributed by atoms with Crippen molar-refractivity contribution in [1.82, 2.24) is 9.62 Å². The van der Waals surface area contributed by atoms with Gasteiger partial charge in [-0.05, 0) is 61.7 Å². The summed E-state index contributed by atoms with van der Waals surface area (Å²) in [6.45, 7) is 3.89. The van der Waals surface area contributed by atoms with Gasteiger partial charge in [0.1, 0.15) is 0 Å². The van der Waals surface area contributed by atoms with Crippen LogP contribution in [0.1, 0.15) is 48.1 Å². The van der Waals surface area contributed by atoms with Crippen LogP contribution in [-0.4, -0.2) is 58.7 Å². The minimum absolute atomic E-state index is 0.0605. The predicted octanol–water partition coefficient (Wildman–Crippen LogP) is 3.14. The molecule has 2 heterocycles. The molecule has 0 bridgehead atoms. The molecule has 2 unspecified atom stereocenters. The number of hydrogen-bond donors (Lipinski definition) is 1. The lowest BCUT2D eigenvalue weighted by atomic mass is 10.0. The minimum Gasteiger partial charge on any atom is -0.490 e. The van der Waals surface area contributed by atoms with Crippen LogP contribution >= 0.6 is 0 Å². The van der Waals surface area contributed by atoms with Gasteiger partial charge in [-0.1, -0.05) is 6.07 Å². The van der Waals surface area contributed by atoms with Crippen molar-refractivity contribution in [2.24, 2.45) is 0 Å². The number of likely N-dealkylation sites (tertiary alicyclic amines) is 1. The summed E-state index contributed by atoms with van der Waals surface area (Å²) in [7, 11) is -2.17. The van der Waals surface area contributed by atoms with Crippen LogP contribution in [-0.2, 0) is 14.8 Å². The zero-order chi connectivity index (χ0) is 23.4. The van der Waals surface area contributed by atoms with Crippen molar-refractivity contribution in [3.63, 3.8) is 0 Å². The molecule has 1 fully saturated rings. The van der Waals surface area contributed by atoms with E-state index < -0.39 is 10.0 Å². The molecule has 9 heteroatoms.